The van der Waals surface area contributed by atoms with E-state index in [-0.39, 0.29) is 18.6 Å². The lowest BCUT2D eigenvalue weighted by Crippen LogP contribution is -2.42. The number of para-hydroxylation sites is 1. The van der Waals surface area contributed by atoms with Gasteiger partial charge in [-0.05, 0) is 26.0 Å². The summed E-state index contributed by atoms with van der Waals surface area (Å²) >= 11 is 0. The first kappa shape index (κ1) is 18.2. The lowest BCUT2D eigenvalue weighted by Gasteiger charge is -2.26. The van der Waals surface area contributed by atoms with E-state index in [4.69, 9.17) is 15.3 Å². The van der Waals surface area contributed by atoms with Crippen molar-refractivity contribution in [1.29, 1.82) is 0 Å². The van der Waals surface area contributed by atoms with Crippen LogP contribution in [0, 0.1) is 0 Å². The van der Waals surface area contributed by atoms with E-state index in [1.807, 2.05) is 44.2 Å². The summed E-state index contributed by atoms with van der Waals surface area (Å²) in [7, 11) is 0. The molecule has 0 saturated carbocycles. The number of hydrogen-bond acceptors (Lipinski definition) is 5. The monoisotopic (exact) mass is 334 g/mol. The topological polar surface area (TPSA) is 80.4 Å². The molecule has 0 bridgehead atoms. The summed E-state index contributed by atoms with van der Waals surface area (Å²) in [6.45, 7) is 7.34. The van der Waals surface area contributed by atoms with E-state index in [1.165, 1.54) is 0 Å². The van der Waals surface area contributed by atoms with Crippen molar-refractivity contribution in [3.63, 3.8) is 0 Å². The Bertz CT molecular complexity index is 542. The van der Waals surface area contributed by atoms with Gasteiger partial charge in [-0.3, -0.25) is 9.69 Å². The normalized spacial score (nSPS) is 16.2. The Balaban J connectivity index is 1.85. The number of anilines is 1. The molecule has 0 unspecified atom stereocenters. The minimum atomic E-state index is -0.154. The van der Waals surface area contributed by atoms with Gasteiger partial charge in [-0.15, -0.1) is 0 Å². The van der Waals surface area contributed by atoms with Gasteiger partial charge in [0.15, 0.2) is 12.4 Å². The zero-order chi connectivity index (χ0) is 17.4. The van der Waals surface area contributed by atoms with Crippen LogP contribution in [0.3, 0.4) is 0 Å². The molecule has 7 heteroatoms. The van der Waals surface area contributed by atoms with E-state index in [9.17, 15) is 4.79 Å². The van der Waals surface area contributed by atoms with Crippen molar-refractivity contribution in [2.24, 2.45) is 10.9 Å². The van der Waals surface area contributed by atoms with Gasteiger partial charge in [-0.1, -0.05) is 23.4 Å². The van der Waals surface area contributed by atoms with E-state index >= 15 is 0 Å². The minimum absolute atomic E-state index is 0.0261. The first-order valence-corrected chi connectivity index (χ1v) is 8.19. The SMILES string of the molecule is CC(C)N(C(=O)CO/N=C(/N)CN1CCOCC1)c1ccccc1. The highest BCUT2D eigenvalue weighted by molar-refractivity contribution is 5.94. The highest BCUT2D eigenvalue weighted by Crippen LogP contribution is 2.16. The average molecular weight is 334 g/mol. The number of amides is 1. The van der Waals surface area contributed by atoms with Crippen LogP contribution >= 0.6 is 0 Å². The second-order valence-corrected chi connectivity index (χ2v) is 5.94. The molecule has 132 valence electrons. The maximum absolute atomic E-state index is 12.4. The van der Waals surface area contributed by atoms with E-state index in [0.717, 1.165) is 18.8 Å². The molecule has 1 aliphatic heterocycles. The maximum atomic E-state index is 12.4. The maximum Gasteiger partial charge on any atom is 0.267 e. The van der Waals surface area contributed by atoms with Crippen LogP contribution in [0.25, 0.3) is 0 Å². The Labute approximate surface area is 143 Å². The first-order chi connectivity index (χ1) is 11.6. The summed E-state index contributed by atoms with van der Waals surface area (Å²) in [4.78, 5) is 21.4. The summed E-state index contributed by atoms with van der Waals surface area (Å²) in [6, 6.07) is 9.54. The lowest BCUT2D eigenvalue weighted by molar-refractivity contribution is -0.123. The molecule has 0 aliphatic carbocycles. The lowest BCUT2D eigenvalue weighted by atomic mass is 10.2. The molecule has 1 saturated heterocycles. The number of hydrogen-bond donors (Lipinski definition) is 1. The molecule has 0 atom stereocenters. The van der Waals surface area contributed by atoms with Crippen molar-refractivity contribution < 1.29 is 14.4 Å². The van der Waals surface area contributed by atoms with E-state index < -0.39 is 0 Å². The standard InChI is InChI=1S/C17H26N4O3/c1-14(2)21(15-6-4-3-5-7-15)17(22)13-24-19-16(18)12-20-8-10-23-11-9-20/h3-7,14H,8-13H2,1-2H3,(H2,18,19). The first-order valence-electron chi connectivity index (χ1n) is 8.19. The van der Waals surface area contributed by atoms with E-state index in [2.05, 4.69) is 10.1 Å². The molecule has 1 aromatic rings. The van der Waals surface area contributed by atoms with Crippen LogP contribution in [-0.4, -0.2) is 62.1 Å². The molecular formula is C17H26N4O3. The van der Waals surface area contributed by atoms with Crippen LogP contribution in [-0.2, 0) is 14.4 Å². The van der Waals surface area contributed by atoms with Gasteiger partial charge in [0.1, 0.15) is 0 Å². The number of rotatable bonds is 7. The molecule has 0 radical (unpaired) electrons. The molecule has 24 heavy (non-hydrogen) atoms. The van der Waals surface area contributed by atoms with Crippen molar-refractivity contribution in [3.05, 3.63) is 30.3 Å². The Morgan fingerprint density at radius 3 is 2.62 bits per heavy atom. The molecule has 1 amide bonds. The van der Waals surface area contributed by atoms with Gasteiger partial charge in [-0.2, -0.15) is 0 Å². The fourth-order valence-electron chi connectivity index (χ4n) is 2.58. The van der Waals surface area contributed by atoms with E-state index in [1.54, 1.807) is 4.90 Å². The number of carbonyl (C=O) groups excluding carboxylic acids is 1. The van der Waals surface area contributed by atoms with Crippen LogP contribution in [0.5, 0.6) is 0 Å². The summed E-state index contributed by atoms with van der Waals surface area (Å²) in [5.74, 6) is 0.208. The van der Waals surface area contributed by atoms with Gasteiger partial charge in [0.25, 0.3) is 5.91 Å². The third kappa shape index (κ3) is 5.50. The van der Waals surface area contributed by atoms with Gasteiger partial charge in [-0.25, -0.2) is 0 Å². The summed E-state index contributed by atoms with van der Waals surface area (Å²) in [5, 5.41) is 3.86. The number of ether oxygens (including phenoxy) is 1. The number of nitrogens with two attached hydrogens (primary N) is 1. The fraction of sp³-hybridized carbons (Fsp3) is 0.529. The number of morpholine rings is 1. The Kier molecular flexibility index (Phi) is 7.02. The van der Waals surface area contributed by atoms with Crippen LogP contribution in [0.1, 0.15) is 13.8 Å². The number of carbonyl (C=O) groups is 1. The van der Waals surface area contributed by atoms with Crippen molar-refractivity contribution in [3.8, 4) is 0 Å². The van der Waals surface area contributed by atoms with Crippen LogP contribution in [0.15, 0.2) is 35.5 Å². The molecule has 1 fully saturated rings. The Morgan fingerprint density at radius 1 is 1.33 bits per heavy atom. The number of benzene rings is 1. The van der Waals surface area contributed by atoms with Gasteiger partial charge < -0.3 is 20.2 Å². The Hall–Kier alpha value is -2.12. The van der Waals surface area contributed by atoms with Gasteiger partial charge in [0, 0.05) is 24.8 Å². The number of oxime groups is 1. The molecule has 1 aliphatic rings. The molecule has 2 rings (SSSR count). The second-order valence-electron chi connectivity index (χ2n) is 5.94. The van der Waals surface area contributed by atoms with Gasteiger partial charge in [0.2, 0.25) is 0 Å². The molecule has 0 spiro atoms. The summed E-state index contributed by atoms with van der Waals surface area (Å²) in [5.41, 5.74) is 6.69. The third-order valence-electron chi connectivity index (χ3n) is 3.68. The molecule has 1 aromatic carbocycles. The van der Waals surface area contributed by atoms with Gasteiger partial charge in [0.05, 0.1) is 19.8 Å². The fourth-order valence-corrected chi connectivity index (χ4v) is 2.58. The summed E-state index contributed by atoms with van der Waals surface area (Å²) < 4.78 is 5.28. The van der Waals surface area contributed by atoms with Crippen molar-refractivity contribution in [2.45, 2.75) is 19.9 Å². The van der Waals surface area contributed by atoms with Crippen molar-refractivity contribution in [1.82, 2.24) is 4.90 Å². The zero-order valence-corrected chi connectivity index (χ0v) is 14.4. The molecule has 0 aromatic heterocycles. The smallest absolute Gasteiger partial charge is 0.267 e. The van der Waals surface area contributed by atoms with Gasteiger partial charge >= 0.3 is 0 Å². The van der Waals surface area contributed by atoms with E-state index in [0.29, 0.717) is 25.6 Å². The molecule has 1 heterocycles. The summed E-state index contributed by atoms with van der Waals surface area (Å²) in [6.07, 6.45) is 0. The highest BCUT2D eigenvalue weighted by atomic mass is 16.6. The van der Waals surface area contributed by atoms with Crippen LogP contribution in [0.4, 0.5) is 5.69 Å². The highest BCUT2D eigenvalue weighted by Gasteiger charge is 2.19. The van der Waals surface area contributed by atoms with Crippen LogP contribution in [0.2, 0.25) is 0 Å². The molecule has 2 N–H and O–H groups in total. The molecular weight excluding hydrogens is 308 g/mol. The van der Waals surface area contributed by atoms with Crippen LogP contribution < -0.4 is 10.6 Å². The minimum Gasteiger partial charge on any atom is -0.384 e. The third-order valence-corrected chi connectivity index (χ3v) is 3.68. The number of amidine groups is 1. The van der Waals surface area contributed by atoms with Crippen molar-refractivity contribution >= 4 is 17.4 Å². The quantitative estimate of drug-likeness (QED) is 0.458. The number of nitrogens with zero attached hydrogens (tertiary/aromatic N) is 3. The molecule has 7 nitrogen and oxygen atoms in total. The second kappa shape index (κ2) is 9.24. The average Bonchev–Trinajstić information content (AvgIpc) is 2.56. The Morgan fingerprint density at radius 2 is 2.00 bits per heavy atom. The predicted molar refractivity (Wildman–Crippen MR) is 93.9 cm³/mol. The zero-order valence-electron chi connectivity index (χ0n) is 14.4. The largest absolute Gasteiger partial charge is 0.384 e. The predicted octanol–water partition coefficient (Wildman–Crippen LogP) is 1.05. The van der Waals surface area contributed by atoms with Crippen molar-refractivity contribution in [2.75, 3.05) is 44.4 Å².